The van der Waals surface area contributed by atoms with Crippen LogP contribution in [-0.4, -0.2) is 25.5 Å². The smallest absolute Gasteiger partial charge is 0.191 e. The Kier molecular flexibility index (Phi) is 6.51. The second kappa shape index (κ2) is 8.60. The van der Waals surface area contributed by atoms with Crippen molar-refractivity contribution < 1.29 is 13.9 Å². The minimum absolute atomic E-state index is 0.174. The lowest BCUT2D eigenvalue weighted by Gasteiger charge is -2.10. The highest BCUT2D eigenvalue weighted by Crippen LogP contribution is 2.32. The lowest BCUT2D eigenvalue weighted by Crippen LogP contribution is -2.24. The van der Waals surface area contributed by atoms with Crippen LogP contribution in [0.2, 0.25) is 0 Å². The minimum Gasteiger partial charge on any atom is -0.493 e. The molecule has 0 heterocycles. The summed E-state index contributed by atoms with van der Waals surface area (Å²) in [6.07, 6.45) is 1.56. The van der Waals surface area contributed by atoms with Crippen LogP contribution in [0.5, 0.6) is 11.5 Å². The fourth-order valence-corrected chi connectivity index (χ4v) is 2.43. The zero-order chi connectivity index (χ0) is 17.5. The molecule has 24 heavy (non-hydrogen) atoms. The van der Waals surface area contributed by atoms with Gasteiger partial charge >= 0.3 is 0 Å². The molecule has 2 N–H and O–H groups in total. The first-order chi connectivity index (χ1) is 11.5. The highest BCUT2D eigenvalue weighted by Gasteiger charge is 2.08. The third-order valence-corrected chi connectivity index (χ3v) is 3.87. The van der Waals surface area contributed by atoms with Crippen molar-refractivity contribution >= 4 is 45.2 Å². The largest absolute Gasteiger partial charge is 0.493 e. The number of hydrogen-bond acceptors (Lipinski definition) is 4. The van der Waals surface area contributed by atoms with Gasteiger partial charge in [-0.1, -0.05) is 12.1 Å². The molecule has 0 aliphatic heterocycles. The van der Waals surface area contributed by atoms with Crippen molar-refractivity contribution in [1.29, 1.82) is 0 Å². The van der Waals surface area contributed by atoms with Crippen LogP contribution in [0.25, 0.3) is 0 Å². The molecule has 2 rings (SSSR count). The summed E-state index contributed by atoms with van der Waals surface area (Å²) in [4.78, 5) is 0. The van der Waals surface area contributed by atoms with E-state index in [1.165, 1.54) is 6.07 Å². The molecule has 2 aromatic carbocycles. The first kappa shape index (κ1) is 18.2. The van der Waals surface area contributed by atoms with E-state index in [0.29, 0.717) is 11.5 Å². The maximum Gasteiger partial charge on any atom is 0.191 e. The number of hydrogen-bond donors (Lipinski definition) is 2. The molecule has 0 spiro atoms. The molecule has 0 saturated carbocycles. The third kappa shape index (κ3) is 4.65. The second-order valence-electron chi connectivity index (χ2n) is 4.53. The zero-order valence-electron chi connectivity index (χ0n) is 13.0. The first-order valence-electron chi connectivity index (χ1n) is 6.81. The Morgan fingerprint density at radius 3 is 2.54 bits per heavy atom. The number of anilines is 1. The van der Waals surface area contributed by atoms with E-state index >= 15 is 0 Å². The monoisotopic (exact) mass is 411 g/mol. The van der Waals surface area contributed by atoms with Gasteiger partial charge in [-0.05, 0) is 52.4 Å². The molecule has 8 heteroatoms. The fourth-order valence-electron chi connectivity index (χ4n) is 1.84. The molecule has 0 atom stereocenters. The number of halogens is 2. The number of rotatable bonds is 5. The molecular formula is C16H15BrFN3O2S. The van der Waals surface area contributed by atoms with Crippen LogP contribution < -0.4 is 20.2 Å². The van der Waals surface area contributed by atoms with Gasteiger partial charge in [-0.15, -0.1) is 0 Å². The van der Waals surface area contributed by atoms with Gasteiger partial charge in [0.25, 0.3) is 0 Å². The van der Waals surface area contributed by atoms with Crippen LogP contribution >= 0.6 is 28.1 Å². The third-order valence-electron chi connectivity index (χ3n) is 2.99. The number of benzene rings is 2. The summed E-state index contributed by atoms with van der Waals surface area (Å²) < 4.78 is 24.8. The van der Waals surface area contributed by atoms with Crippen molar-refractivity contribution in [3.05, 3.63) is 52.3 Å². The van der Waals surface area contributed by atoms with Crippen molar-refractivity contribution in [3.8, 4) is 11.5 Å². The number of nitrogens with one attached hydrogen (secondary N) is 2. The van der Waals surface area contributed by atoms with E-state index in [0.717, 1.165) is 10.0 Å². The molecule has 0 bridgehead atoms. The molecule has 0 saturated heterocycles. The van der Waals surface area contributed by atoms with Crippen LogP contribution in [0.15, 0.2) is 46.0 Å². The van der Waals surface area contributed by atoms with Gasteiger partial charge in [-0.25, -0.2) is 4.39 Å². The Morgan fingerprint density at radius 2 is 1.88 bits per heavy atom. The lowest BCUT2D eigenvalue weighted by atomic mass is 10.2. The summed E-state index contributed by atoms with van der Waals surface area (Å²) in [5, 5.41) is 6.93. The van der Waals surface area contributed by atoms with E-state index in [-0.39, 0.29) is 10.8 Å². The molecule has 0 aliphatic rings. The summed E-state index contributed by atoms with van der Waals surface area (Å²) in [6, 6.07) is 9.77. The minimum atomic E-state index is -0.395. The maximum absolute atomic E-state index is 13.5. The fraction of sp³-hybridized carbons (Fsp3) is 0.125. The second-order valence-corrected chi connectivity index (χ2v) is 5.80. The van der Waals surface area contributed by atoms with Gasteiger partial charge in [0.1, 0.15) is 5.82 Å². The quantitative estimate of drug-likeness (QED) is 0.443. The predicted molar refractivity (Wildman–Crippen MR) is 101 cm³/mol. The summed E-state index contributed by atoms with van der Waals surface area (Å²) in [7, 11) is 3.12. The number of para-hydroxylation sites is 1. The van der Waals surface area contributed by atoms with Crippen molar-refractivity contribution in [2.75, 3.05) is 19.5 Å². The Labute approximate surface area is 153 Å². The number of methoxy groups -OCH3 is 2. The highest BCUT2D eigenvalue weighted by atomic mass is 79.9. The molecule has 0 unspecified atom stereocenters. The van der Waals surface area contributed by atoms with Crippen molar-refractivity contribution in [3.63, 3.8) is 0 Å². The van der Waals surface area contributed by atoms with Crippen LogP contribution in [0.1, 0.15) is 5.56 Å². The van der Waals surface area contributed by atoms with Crippen LogP contribution in [0.4, 0.5) is 10.1 Å². The first-order valence-corrected chi connectivity index (χ1v) is 8.01. The molecule has 2 aromatic rings. The van der Waals surface area contributed by atoms with E-state index in [2.05, 4.69) is 31.8 Å². The number of ether oxygens (including phenoxy) is 2. The summed E-state index contributed by atoms with van der Waals surface area (Å²) in [6.45, 7) is 0. The lowest BCUT2D eigenvalue weighted by molar-refractivity contribution is 0.354. The summed E-state index contributed by atoms with van der Waals surface area (Å²) in [5.74, 6) is 0.786. The average Bonchev–Trinajstić information content (AvgIpc) is 2.58. The van der Waals surface area contributed by atoms with E-state index in [4.69, 9.17) is 21.7 Å². The topological polar surface area (TPSA) is 54.9 Å². The van der Waals surface area contributed by atoms with Crippen LogP contribution in [0, 0.1) is 5.82 Å². The van der Waals surface area contributed by atoms with Gasteiger partial charge in [0.2, 0.25) is 0 Å². The summed E-state index contributed by atoms with van der Waals surface area (Å²) >= 11 is 8.50. The average molecular weight is 412 g/mol. The van der Waals surface area contributed by atoms with Gasteiger partial charge in [-0.3, -0.25) is 5.43 Å². The predicted octanol–water partition coefficient (Wildman–Crippen LogP) is 3.93. The normalized spacial score (nSPS) is 10.5. The van der Waals surface area contributed by atoms with Gasteiger partial charge in [0, 0.05) is 10.0 Å². The van der Waals surface area contributed by atoms with E-state index in [1.807, 2.05) is 0 Å². The molecule has 0 aliphatic carbocycles. The summed E-state index contributed by atoms with van der Waals surface area (Å²) in [5.41, 5.74) is 3.66. The Hall–Kier alpha value is -2.19. The van der Waals surface area contributed by atoms with Crippen LogP contribution in [0.3, 0.4) is 0 Å². The van der Waals surface area contributed by atoms with Gasteiger partial charge in [-0.2, -0.15) is 5.10 Å². The van der Waals surface area contributed by atoms with Gasteiger partial charge < -0.3 is 14.8 Å². The molecule has 0 amide bonds. The highest BCUT2D eigenvalue weighted by molar-refractivity contribution is 9.10. The van der Waals surface area contributed by atoms with Gasteiger partial charge in [0.05, 0.1) is 26.1 Å². The molecule has 0 radical (unpaired) electrons. The SMILES string of the molecule is COc1cc(Br)c(/C=N\NC(=S)Nc2ccccc2F)cc1OC. The number of hydrazone groups is 1. The Morgan fingerprint density at radius 1 is 1.21 bits per heavy atom. The van der Waals surface area contributed by atoms with E-state index in [1.54, 1.807) is 50.8 Å². The molecular weight excluding hydrogens is 397 g/mol. The zero-order valence-corrected chi connectivity index (χ0v) is 15.4. The molecule has 0 fully saturated rings. The standard InChI is InChI=1S/C16H15BrFN3O2S/c1-22-14-7-10(11(17)8-15(14)23-2)9-19-21-16(24)20-13-6-4-3-5-12(13)18/h3-9H,1-2H3,(H2,20,21,24)/b19-9-. The van der Waals surface area contributed by atoms with Crippen LogP contribution in [-0.2, 0) is 0 Å². The van der Waals surface area contributed by atoms with E-state index < -0.39 is 5.82 Å². The Balaban J connectivity index is 2.03. The van der Waals surface area contributed by atoms with Crippen molar-refractivity contribution in [1.82, 2.24) is 5.43 Å². The number of thiocarbonyl (C=S) groups is 1. The van der Waals surface area contributed by atoms with Crippen molar-refractivity contribution in [2.45, 2.75) is 0 Å². The Bertz CT molecular complexity index is 771. The molecule has 126 valence electrons. The maximum atomic E-state index is 13.5. The molecule has 0 aromatic heterocycles. The van der Waals surface area contributed by atoms with Crippen molar-refractivity contribution in [2.24, 2.45) is 5.10 Å². The van der Waals surface area contributed by atoms with Gasteiger partial charge in [0.15, 0.2) is 16.6 Å². The molecule has 5 nitrogen and oxygen atoms in total. The number of nitrogens with zero attached hydrogens (tertiary/aromatic N) is 1. The van der Waals surface area contributed by atoms with E-state index in [9.17, 15) is 4.39 Å².